The molecular weight excluding hydrogens is 188 g/mol. The van der Waals surface area contributed by atoms with Gasteiger partial charge in [-0.15, -0.1) is 0 Å². The molecule has 2 nitrogen and oxygen atoms in total. The number of allylic oxidation sites excluding steroid dienone is 3. The topological polar surface area (TPSA) is 18.5 Å². The van der Waals surface area contributed by atoms with Gasteiger partial charge in [-0.2, -0.15) is 0 Å². The number of ether oxygens (including phenoxy) is 2. The predicted molar refractivity (Wildman–Crippen MR) is 66.4 cm³/mol. The molecule has 0 aromatic heterocycles. The molecule has 0 aliphatic carbocycles. The normalized spacial score (nSPS) is 17.9. The summed E-state index contributed by atoms with van der Waals surface area (Å²) in [7, 11) is 0. The Morgan fingerprint density at radius 1 is 1.13 bits per heavy atom. The molecule has 0 aromatic rings. The molecule has 1 rings (SSSR count). The van der Waals surface area contributed by atoms with Crippen molar-refractivity contribution in [2.24, 2.45) is 0 Å². The standard InChI is InChI=1S/C9H12O2.2C2H6/c1-3-5-8-9(6-4-2)11-7-10-8;2*1-2/h3,5-6H,1,4,7H2,2H3;2*1-2H3/b8-5+,9-6+;;. The molecule has 0 radical (unpaired) electrons. The molecular formula is C13H24O2. The highest BCUT2D eigenvalue weighted by molar-refractivity contribution is 5.25. The van der Waals surface area contributed by atoms with E-state index in [9.17, 15) is 0 Å². The van der Waals surface area contributed by atoms with Crippen molar-refractivity contribution in [2.75, 3.05) is 6.79 Å². The molecule has 0 aromatic carbocycles. The van der Waals surface area contributed by atoms with Gasteiger partial charge in [0.25, 0.3) is 0 Å². The fourth-order valence-corrected chi connectivity index (χ4v) is 0.881. The first-order valence-corrected chi connectivity index (χ1v) is 5.67. The summed E-state index contributed by atoms with van der Waals surface area (Å²) < 4.78 is 10.3. The molecule has 0 bridgehead atoms. The second kappa shape index (κ2) is 12.8. The van der Waals surface area contributed by atoms with Gasteiger partial charge in [-0.1, -0.05) is 47.3 Å². The Balaban J connectivity index is 0. The minimum absolute atomic E-state index is 0.325. The maximum atomic E-state index is 5.18. The molecule has 0 amide bonds. The molecule has 2 heteroatoms. The fraction of sp³-hybridized carbons (Fsp3) is 0.538. The highest BCUT2D eigenvalue weighted by Gasteiger charge is 2.13. The second-order valence-electron chi connectivity index (χ2n) is 2.15. The highest BCUT2D eigenvalue weighted by atomic mass is 16.7. The van der Waals surface area contributed by atoms with E-state index in [0.29, 0.717) is 6.79 Å². The van der Waals surface area contributed by atoms with E-state index >= 15 is 0 Å². The van der Waals surface area contributed by atoms with Crippen molar-refractivity contribution in [3.05, 3.63) is 36.3 Å². The summed E-state index contributed by atoms with van der Waals surface area (Å²) in [5.74, 6) is 1.61. The van der Waals surface area contributed by atoms with Crippen LogP contribution in [0.3, 0.4) is 0 Å². The molecule has 0 unspecified atom stereocenters. The van der Waals surface area contributed by atoms with Gasteiger partial charge in [0.05, 0.1) is 0 Å². The zero-order chi connectivity index (χ0) is 12.1. The second-order valence-corrected chi connectivity index (χ2v) is 2.15. The zero-order valence-corrected chi connectivity index (χ0v) is 10.7. The van der Waals surface area contributed by atoms with Gasteiger partial charge in [0.2, 0.25) is 6.79 Å². The highest BCUT2D eigenvalue weighted by Crippen LogP contribution is 2.20. The average Bonchev–Trinajstić information content (AvgIpc) is 2.73. The van der Waals surface area contributed by atoms with Gasteiger partial charge < -0.3 is 9.47 Å². The smallest absolute Gasteiger partial charge is 0.231 e. The third-order valence-corrected chi connectivity index (χ3v) is 1.33. The lowest BCUT2D eigenvalue weighted by molar-refractivity contribution is 0.0975. The van der Waals surface area contributed by atoms with E-state index in [1.54, 1.807) is 12.2 Å². The van der Waals surface area contributed by atoms with Crippen LogP contribution >= 0.6 is 0 Å². The Morgan fingerprint density at radius 2 is 1.67 bits per heavy atom. The summed E-state index contributed by atoms with van der Waals surface area (Å²) >= 11 is 0. The van der Waals surface area contributed by atoms with E-state index < -0.39 is 0 Å². The quantitative estimate of drug-likeness (QED) is 0.675. The van der Waals surface area contributed by atoms with Gasteiger partial charge in [0, 0.05) is 0 Å². The monoisotopic (exact) mass is 212 g/mol. The molecule has 1 aliphatic heterocycles. The molecule has 1 fully saturated rings. The molecule has 88 valence electrons. The maximum Gasteiger partial charge on any atom is 0.231 e. The van der Waals surface area contributed by atoms with Gasteiger partial charge in [-0.3, -0.25) is 0 Å². The third-order valence-electron chi connectivity index (χ3n) is 1.33. The van der Waals surface area contributed by atoms with E-state index in [1.165, 1.54) is 0 Å². The van der Waals surface area contributed by atoms with Gasteiger partial charge in [-0.05, 0) is 18.6 Å². The predicted octanol–water partition coefficient (Wildman–Crippen LogP) is 4.41. The van der Waals surface area contributed by atoms with Crippen molar-refractivity contribution in [2.45, 2.75) is 41.0 Å². The molecule has 1 saturated heterocycles. The summed E-state index contributed by atoms with van der Waals surface area (Å²) in [4.78, 5) is 0. The van der Waals surface area contributed by atoms with E-state index in [4.69, 9.17) is 9.47 Å². The van der Waals surface area contributed by atoms with Crippen LogP contribution in [0.4, 0.5) is 0 Å². The first kappa shape index (κ1) is 16.3. The lowest BCUT2D eigenvalue weighted by Gasteiger charge is -1.93. The molecule has 1 heterocycles. The van der Waals surface area contributed by atoms with Crippen molar-refractivity contribution in [1.29, 1.82) is 0 Å². The van der Waals surface area contributed by atoms with Crippen LogP contribution in [-0.4, -0.2) is 6.79 Å². The molecule has 15 heavy (non-hydrogen) atoms. The van der Waals surface area contributed by atoms with E-state index in [1.807, 2.05) is 33.8 Å². The van der Waals surface area contributed by atoms with Crippen LogP contribution in [0.1, 0.15) is 41.0 Å². The summed E-state index contributed by atoms with van der Waals surface area (Å²) in [6.07, 6.45) is 6.43. The van der Waals surface area contributed by atoms with Crippen LogP contribution in [0.5, 0.6) is 0 Å². The Morgan fingerprint density at radius 3 is 2.13 bits per heavy atom. The van der Waals surface area contributed by atoms with Crippen molar-refractivity contribution in [3.63, 3.8) is 0 Å². The Kier molecular flexibility index (Phi) is 13.9. The molecule has 0 saturated carbocycles. The fourth-order valence-electron chi connectivity index (χ4n) is 0.881. The average molecular weight is 212 g/mol. The molecule has 0 N–H and O–H groups in total. The summed E-state index contributed by atoms with van der Waals surface area (Å²) in [6, 6.07) is 0. The Hall–Kier alpha value is -1.18. The van der Waals surface area contributed by atoms with Crippen LogP contribution in [0, 0.1) is 0 Å². The van der Waals surface area contributed by atoms with Crippen LogP contribution < -0.4 is 0 Å². The zero-order valence-electron chi connectivity index (χ0n) is 10.7. The molecule has 0 atom stereocenters. The number of rotatable bonds is 2. The minimum Gasteiger partial charge on any atom is -0.454 e. The summed E-state index contributed by atoms with van der Waals surface area (Å²) in [5, 5.41) is 0. The third kappa shape index (κ3) is 6.83. The summed E-state index contributed by atoms with van der Waals surface area (Å²) in [5.41, 5.74) is 0. The molecule has 1 aliphatic rings. The van der Waals surface area contributed by atoms with Crippen LogP contribution in [0.15, 0.2) is 36.3 Å². The number of hydrogen-bond acceptors (Lipinski definition) is 2. The van der Waals surface area contributed by atoms with Crippen molar-refractivity contribution >= 4 is 0 Å². The van der Waals surface area contributed by atoms with Crippen molar-refractivity contribution in [1.82, 2.24) is 0 Å². The number of hydrogen-bond donors (Lipinski definition) is 0. The maximum absolute atomic E-state index is 5.18. The lowest BCUT2D eigenvalue weighted by atomic mass is 10.3. The van der Waals surface area contributed by atoms with E-state index in [-0.39, 0.29) is 0 Å². The van der Waals surface area contributed by atoms with Crippen LogP contribution in [-0.2, 0) is 9.47 Å². The van der Waals surface area contributed by atoms with Gasteiger partial charge in [0.15, 0.2) is 11.5 Å². The Labute approximate surface area is 94.3 Å². The van der Waals surface area contributed by atoms with Gasteiger partial charge in [-0.25, -0.2) is 0 Å². The van der Waals surface area contributed by atoms with E-state index in [2.05, 4.69) is 13.5 Å². The van der Waals surface area contributed by atoms with Crippen molar-refractivity contribution < 1.29 is 9.47 Å². The molecule has 0 spiro atoms. The van der Waals surface area contributed by atoms with Gasteiger partial charge in [0.1, 0.15) is 0 Å². The first-order valence-electron chi connectivity index (χ1n) is 5.67. The van der Waals surface area contributed by atoms with Crippen LogP contribution in [0.2, 0.25) is 0 Å². The lowest BCUT2D eigenvalue weighted by Crippen LogP contribution is -1.80. The van der Waals surface area contributed by atoms with Gasteiger partial charge >= 0.3 is 0 Å². The summed E-state index contributed by atoms with van der Waals surface area (Å²) in [6.45, 7) is 14.0. The minimum atomic E-state index is 0.325. The largest absolute Gasteiger partial charge is 0.454 e. The first-order chi connectivity index (χ1) is 7.38. The SMILES string of the molecule is C=C/C=C1/OCO/C1=C/CC.CC.CC. The van der Waals surface area contributed by atoms with E-state index in [0.717, 1.165) is 17.9 Å². The van der Waals surface area contributed by atoms with Crippen LogP contribution in [0.25, 0.3) is 0 Å². The van der Waals surface area contributed by atoms with Crippen molar-refractivity contribution in [3.8, 4) is 0 Å². The Bertz CT molecular complexity index is 203.